The zero-order valence-corrected chi connectivity index (χ0v) is 16.9. The summed E-state index contributed by atoms with van der Waals surface area (Å²) in [5.41, 5.74) is 5.61. The van der Waals surface area contributed by atoms with Crippen molar-refractivity contribution in [3.63, 3.8) is 0 Å². The summed E-state index contributed by atoms with van der Waals surface area (Å²) < 4.78 is 5.35. The van der Waals surface area contributed by atoms with E-state index in [2.05, 4.69) is 79.7 Å². The fraction of sp³-hybridized carbons (Fsp3) is 0.154. The van der Waals surface area contributed by atoms with Crippen LogP contribution in [0.5, 0.6) is 5.75 Å². The third kappa shape index (κ3) is 3.08. The maximum Gasteiger partial charge on any atom is 0.119 e. The van der Waals surface area contributed by atoms with Crippen molar-refractivity contribution in [3.8, 4) is 5.75 Å². The van der Waals surface area contributed by atoms with Gasteiger partial charge in [-0.15, -0.1) is 0 Å². The van der Waals surface area contributed by atoms with E-state index in [4.69, 9.17) is 4.74 Å². The molecule has 5 rings (SSSR count). The Hall–Kier alpha value is -2.71. The minimum absolute atomic E-state index is 0.360. The number of rotatable bonds is 3. The molecule has 0 saturated carbocycles. The van der Waals surface area contributed by atoms with Gasteiger partial charge in [0.1, 0.15) is 5.75 Å². The molecule has 0 fully saturated rings. The summed E-state index contributed by atoms with van der Waals surface area (Å²) in [4.78, 5) is 2.78. The zero-order valence-electron chi connectivity index (χ0n) is 16.1. The predicted molar refractivity (Wildman–Crippen MR) is 118 cm³/mol. The summed E-state index contributed by atoms with van der Waals surface area (Å²) in [6.45, 7) is 2.30. The molecule has 0 saturated heterocycles. The Bertz CT molecular complexity index is 1180. The molecule has 0 bridgehead atoms. The molecule has 0 N–H and O–H groups in total. The third-order valence-electron chi connectivity index (χ3n) is 5.73. The van der Waals surface area contributed by atoms with Crippen LogP contribution in [0, 0.1) is 0 Å². The van der Waals surface area contributed by atoms with Gasteiger partial charge in [0.05, 0.1) is 7.11 Å². The molecule has 0 radical (unpaired) electrons. The molecule has 28 heavy (non-hydrogen) atoms. The van der Waals surface area contributed by atoms with Crippen LogP contribution in [0.2, 0.25) is 0 Å². The second-order valence-electron chi connectivity index (χ2n) is 7.45. The Morgan fingerprint density at radius 3 is 2.36 bits per heavy atom. The maximum atomic E-state index is 5.35. The van der Waals surface area contributed by atoms with Gasteiger partial charge < -0.3 is 4.74 Å². The van der Waals surface area contributed by atoms with E-state index < -0.39 is 0 Å². The summed E-state index contributed by atoms with van der Waals surface area (Å²) in [5.74, 6) is 1.26. The normalized spacial score (nSPS) is 13.6. The first-order valence-electron chi connectivity index (χ1n) is 9.67. The van der Waals surface area contributed by atoms with E-state index in [9.17, 15) is 0 Å². The number of methoxy groups -OCH3 is 1. The predicted octanol–water partition coefficient (Wildman–Crippen LogP) is 7.06. The summed E-state index contributed by atoms with van der Waals surface area (Å²) in [7, 11) is 1.71. The van der Waals surface area contributed by atoms with Crippen molar-refractivity contribution in [1.29, 1.82) is 0 Å². The zero-order chi connectivity index (χ0) is 19.1. The quantitative estimate of drug-likeness (QED) is 0.330. The van der Waals surface area contributed by atoms with Crippen LogP contribution in [0.1, 0.15) is 35.1 Å². The van der Waals surface area contributed by atoms with Crippen LogP contribution >= 0.6 is 11.8 Å². The van der Waals surface area contributed by atoms with Gasteiger partial charge in [0, 0.05) is 15.7 Å². The first-order chi connectivity index (χ1) is 13.7. The molecule has 1 unspecified atom stereocenters. The number of benzene rings is 4. The lowest BCUT2D eigenvalue weighted by atomic mass is 9.89. The summed E-state index contributed by atoms with van der Waals surface area (Å²) in [5, 5.41) is 2.47. The van der Waals surface area contributed by atoms with Gasteiger partial charge in [-0.3, -0.25) is 0 Å². The maximum absolute atomic E-state index is 5.35. The molecule has 1 aliphatic rings. The average Bonchev–Trinajstić information content (AvgIpc) is 2.76. The molecule has 1 aliphatic heterocycles. The minimum atomic E-state index is 0.360. The van der Waals surface area contributed by atoms with Crippen molar-refractivity contribution in [2.24, 2.45) is 0 Å². The highest BCUT2D eigenvalue weighted by atomic mass is 32.2. The third-order valence-corrected chi connectivity index (χ3v) is 6.97. The second-order valence-corrected chi connectivity index (χ2v) is 8.53. The van der Waals surface area contributed by atoms with E-state index in [0.717, 1.165) is 12.2 Å². The molecule has 1 atom stereocenters. The average molecular weight is 383 g/mol. The van der Waals surface area contributed by atoms with Crippen LogP contribution < -0.4 is 4.74 Å². The van der Waals surface area contributed by atoms with Crippen molar-refractivity contribution < 1.29 is 4.74 Å². The number of fused-ring (bicyclic) bond motifs is 3. The SMILES string of the molecule is COc1ccc2cc(C(C)c3ccc4c(c3)Cc3ccccc3S4)ccc2c1. The van der Waals surface area contributed by atoms with Crippen LogP contribution in [-0.2, 0) is 6.42 Å². The Kier molecular flexibility index (Phi) is 4.37. The summed E-state index contributed by atoms with van der Waals surface area (Å²) >= 11 is 1.89. The molecule has 0 aromatic heterocycles. The monoisotopic (exact) mass is 382 g/mol. The molecule has 0 amide bonds. The molecule has 138 valence electrons. The number of hydrogen-bond donors (Lipinski definition) is 0. The van der Waals surface area contributed by atoms with Crippen molar-refractivity contribution in [1.82, 2.24) is 0 Å². The van der Waals surface area contributed by atoms with Crippen molar-refractivity contribution >= 4 is 22.5 Å². The van der Waals surface area contributed by atoms with E-state index in [1.165, 1.54) is 42.8 Å². The summed E-state index contributed by atoms with van der Waals surface area (Å²) in [6.07, 6.45) is 1.02. The Balaban J connectivity index is 1.47. The lowest BCUT2D eigenvalue weighted by molar-refractivity contribution is 0.415. The van der Waals surface area contributed by atoms with E-state index in [0.29, 0.717) is 5.92 Å². The van der Waals surface area contributed by atoms with Gasteiger partial charge in [-0.25, -0.2) is 0 Å². The van der Waals surface area contributed by atoms with Crippen LogP contribution in [0.3, 0.4) is 0 Å². The molecule has 1 nitrogen and oxygen atoms in total. The van der Waals surface area contributed by atoms with Crippen molar-refractivity contribution in [2.75, 3.05) is 7.11 Å². The first-order valence-corrected chi connectivity index (χ1v) is 10.5. The molecule has 4 aromatic carbocycles. The van der Waals surface area contributed by atoms with Crippen LogP contribution in [-0.4, -0.2) is 7.11 Å². The van der Waals surface area contributed by atoms with Gasteiger partial charge in [-0.1, -0.05) is 73.3 Å². The standard InChI is InChI=1S/C26H22OS/c1-17(18-7-8-21-16-24(27-2)11-9-20(21)13-18)19-10-12-26-23(14-19)15-22-5-3-4-6-25(22)28-26/h3-14,16-17H,15H2,1-2H3. The Morgan fingerprint density at radius 1 is 0.750 bits per heavy atom. The van der Waals surface area contributed by atoms with Crippen molar-refractivity contribution in [3.05, 3.63) is 101 Å². The van der Waals surface area contributed by atoms with Gasteiger partial charge in [0.15, 0.2) is 0 Å². The fourth-order valence-corrected chi connectivity index (χ4v) is 5.06. The summed E-state index contributed by atoms with van der Waals surface area (Å²) in [6, 6.07) is 28.8. The first kappa shape index (κ1) is 17.4. The van der Waals surface area contributed by atoms with Gasteiger partial charge in [-0.05, 0) is 63.7 Å². The molecular weight excluding hydrogens is 360 g/mol. The smallest absolute Gasteiger partial charge is 0.119 e. The second kappa shape index (κ2) is 7.03. The molecule has 1 heterocycles. The van der Waals surface area contributed by atoms with Gasteiger partial charge in [0.2, 0.25) is 0 Å². The largest absolute Gasteiger partial charge is 0.497 e. The topological polar surface area (TPSA) is 9.23 Å². The molecule has 0 spiro atoms. The van der Waals surface area contributed by atoms with E-state index in [1.54, 1.807) is 7.11 Å². The minimum Gasteiger partial charge on any atom is -0.497 e. The van der Waals surface area contributed by atoms with E-state index in [1.807, 2.05) is 17.8 Å². The van der Waals surface area contributed by atoms with Gasteiger partial charge in [0.25, 0.3) is 0 Å². The van der Waals surface area contributed by atoms with Crippen molar-refractivity contribution in [2.45, 2.75) is 29.1 Å². The lowest BCUT2D eigenvalue weighted by Crippen LogP contribution is -2.03. The van der Waals surface area contributed by atoms with Crippen LogP contribution in [0.4, 0.5) is 0 Å². The van der Waals surface area contributed by atoms with Crippen LogP contribution in [0.25, 0.3) is 10.8 Å². The molecule has 4 aromatic rings. The Labute approximate surface area is 170 Å². The van der Waals surface area contributed by atoms with Crippen LogP contribution in [0.15, 0.2) is 88.7 Å². The molecular formula is C26H22OS. The van der Waals surface area contributed by atoms with Gasteiger partial charge in [-0.2, -0.15) is 0 Å². The highest BCUT2D eigenvalue weighted by molar-refractivity contribution is 7.99. The molecule has 0 aliphatic carbocycles. The Morgan fingerprint density at radius 2 is 1.46 bits per heavy atom. The highest BCUT2D eigenvalue weighted by Crippen LogP contribution is 2.41. The lowest BCUT2D eigenvalue weighted by Gasteiger charge is -2.21. The van der Waals surface area contributed by atoms with Gasteiger partial charge >= 0.3 is 0 Å². The number of hydrogen-bond acceptors (Lipinski definition) is 2. The molecule has 2 heteroatoms. The van der Waals surface area contributed by atoms with E-state index >= 15 is 0 Å². The highest BCUT2D eigenvalue weighted by Gasteiger charge is 2.18. The van der Waals surface area contributed by atoms with E-state index in [-0.39, 0.29) is 0 Å². The number of ether oxygens (including phenoxy) is 1. The fourth-order valence-electron chi connectivity index (χ4n) is 4.01.